The van der Waals surface area contributed by atoms with Crippen molar-refractivity contribution >= 4 is 5.82 Å². The molecule has 0 radical (unpaired) electrons. The molecule has 5 nitrogen and oxygen atoms in total. The average Bonchev–Trinajstić information content (AvgIpc) is 2.58. The highest BCUT2D eigenvalue weighted by atomic mass is 16.7. The minimum Gasteiger partial charge on any atom is -0.493 e. The predicted octanol–water partition coefficient (Wildman–Crippen LogP) is 1.58. The molecule has 0 aliphatic carbocycles. The van der Waals surface area contributed by atoms with E-state index >= 15 is 0 Å². The van der Waals surface area contributed by atoms with E-state index in [1.54, 1.807) is 18.3 Å². The summed E-state index contributed by atoms with van der Waals surface area (Å²) in [7, 11) is 0. The molecular formula is C12H18N2O3. The lowest BCUT2D eigenvalue weighted by molar-refractivity contribution is -0.139. The van der Waals surface area contributed by atoms with Crippen LogP contribution in [-0.2, 0) is 9.47 Å². The fraction of sp³-hybridized carbons (Fsp3) is 0.583. The molecule has 2 heterocycles. The Balaban J connectivity index is 1.73. The van der Waals surface area contributed by atoms with E-state index in [2.05, 4.69) is 4.98 Å². The van der Waals surface area contributed by atoms with Crippen molar-refractivity contribution in [3.8, 4) is 5.75 Å². The fourth-order valence-corrected chi connectivity index (χ4v) is 1.73. The van der Waals surface area contributed by atoms with Gasteiger partial charge in [0.25, 0.3) is 0 Å². The highest BCUT2D eigenvalue weighted by Gasteiger charge is 2.32. The topological polar surface area (TPSA) is 66.6 Å². The lowest BCUT2D eigenvalue weighted by Crippen LogP contribution is -2.22. The zero-order valence-electron chi connectivity index (χ0n) is 10.2. The van der Waals surface area contributed by atoms with Crippen LogP contribution in [0.1, 0.15) is 20.3 Å². The van der Waals surface area contributed by atoms with Gasteiger partial charge in [-0.3, -0.25) is 0 Å². The monoisotopic (exact) mass is 238 g/mol. The van der Waals surface area contributed by atoms with Gasteiger partial charge in [-0.2, -0.15) is 0 Å². The van der Waals surface area contributed by atoms with Gasteiger partial charge < -0.3 is 19.9 Å². The van der Waals surface area contributed by atoms with Gasteiger partial charge in [0, 0.05) is 18.7 Å². The highest BCUT2D eigenvalue weighted by Crippen LogP contribution is 2.24. The van der Waals surface area contributed by atoms with Crippen molar-refractivity contribution in [1.82, 2.24) is 4.98 Å². The minimum atomic E-state index is -0.467. The number of hydrogen-bond acceptors (Lipinski definition) is 5. The van der Waals surface area contributed by atoms with Crippen LogP contribution < -0.4 is 10.5 Å². The first kappa shape index (κ1) is 12.1. The van der Waals surface area contributed by atoms with E-state index in [1.807, 2.05) is 13.8 Å². The Morgan fingerprint density at radius 2 is 2.41 bits per heavy atom. The lowest BCUT2D eigenvalue weighted by Gasteiger charge is -2.17. The van der Waals surface area contributed by atoms with E-state index in [1.165, 1.54) is 0 Å². The second kappa shape index (κ2) is 4.89. The third kappa shape index (κ3) is 3.57. The Labute approximate surface area is 101 Å². The van der Waals surface area contributed by atoms with E-state index < -0.39 is 5.79 Å². The number of nitrogens with zero attached hydrogens (tertiary/aromatic N) is 1. The van der Waals surface area contributed by atoms with Gasteiger partial charge in [0.05, 0.1) is 19.3 Å². The molecule has 0 aromatic carbocycles. The maximum absolute atomic E-state index is 5.67. The van der Waals surface area contributed by atoms with Gasteiger partial charge in [-0.15, -0.1) is 0 Å². The van der Waals surface area contributed by atoms with Crippen molar-refractivity contribution in [2.24, 2.45) is 0 Å². The Bertz CT molecular complexity index is 382. The molecule has 1 aliphatic heterocycles. The highest BCUT2D eigenvalue weighted by molar-refractivity contribution is 5.35. The molecule has 2 rings (SSSR count). The van der Waals surface area contributed by atoms with Crippen LogP contribution in [0.3, 0.4) is 0 Å². The third-order valence-corrected chi connectivity index (χ3v) is 2.53. The van der Waals surface area contributed by atoms with Gasteiger partial charge >= 0.3 is 0 Å². The Morgan fingerprint density at radius 1 is 1.59 bits per heavy atom. The van der Waals surface area contributed by atoms with Crippen LogP contribution >= 0.6 is 0 Å². The SMILES string of the molecule is CC1(C)OC[C@H](CCOc2ccnc(N)c2)O1. The van der Waals surface area contributed by atoms with Gasteiger partial charge in [0.1, 0.15) is 11.6 Å². The van der Waals surface area contributed by atoms with Gasteiger partial charge in [0.2, 0.25) is 0 Å². The van der Waals surface area contributed by atoms with Crippen molar-refractivity contribution in [3.63, 3.8) is 0 Å². The van der Waals surface area contributed by atoms with Crippen LogP contribution in [0.5, 0.6) is 5.75 Å². The molecule has 94 valence electrons. The largest absolute Gasteiger partial charge is 0.493 e. The first-order valence-corrected chi connectivity index (χ1v) is 5.71. The van der Waals surface area contributed by atoms with Crippen molar-refractivity contribution in [2.75, 3.05) is 18.9 Å². The van der Waals surface area contributed by atoms with Crippen LogP contribution in [0.25, 0.3) is 0 Å². The molecule has 1 aliphatic rings. The van der Waals surface area contributed by atoms with E-state index in [9.17, 15) is 0 Å². The number of ether oxygens (including phenoxy) is 3. The third-order valence-electron chi connectivity index (χ3n) is 2.53. The van der Waals surface area contributed by atoms with Crippen molar-refractivity contribution in [1.29, 1.82) is 0 Å². The number of nitrogen functional groups attached to an aromatic ring is 1. The molecule has 1 aromatic rings. The molecule has 0 bridgehead atoms. The number of aromatic nitrogens is 1. The van der Waals surface area contributed by atoms with Crippen LogP contribution in [-0.4, -0.2) is 30.1 Å². The minimum absolute atomic E-state index is 0.101. The van der Waals surface area contributed by atoms with Crippen LogP contribution in [0.15, 0.2) is 18.3 Å². The summed E-state index contributed by atoms with van der Waals surface area (Å²) in [5.41, 5.74) is 5.55. The lowest BCUT2D eigenvalue weighted by atomic mass is 10.3. The Kier molecular flexibility index (Phi) is 3.49. The summed E-state index contributed by atoms with van der Waals surface area (Å²) in [5, 5.41) is 0. The van der Waals surface area contributed by atoms with Gasteiger partial charge in [0.15, 0.2) is 5.79 Å². The molecule has 1 saturated heterocycles. The van der Waals surface area contributed by atoms with Crippen molar-refractivity contribution < 1.29 is 14.2 Å². The van der Waals surface area contributed by atoms with E-state index in [-0.39, 0.29) is 6.10 Å². The number of pyridine rings is 1. The second-order valence-corrected chi connectivity index (χ2v) is 4.50. The zero-order valence-corrected chi connectivity index (χ0v) is 10.2. The zero-order chi connectivity index (χ0) is 12.3. The number of rotatable bonds is 4. The van der Waals surface area contributed by atoms with Crippen LogP contribution in [0.4, 0.5) is 5.82 Å². The van der Waals surface area contributed by atoms with Gasteiger partial charge in [-0.1, -0.05) is 0 Å². The average molecular weight is 238 g/mol. The maximum atomic E-state index is 5.67. The summed E-state index contributed by atoms with van der Waals surface area (Å²) in [4.78, 5) is 3.90. The fourth-order valence-electron chi connectivity index (χ4n) is 1.73. The molecule has 1 aromatic heterocycles. The number of anilines is 1. The summed E-state index contributed by atoms with van der Waals surface area (Å²) in [6.45, 7) is 5.03. The van der Waals surface area contributed by atoms with Crippen LogP contribution in [0, 0.1) is 0 Å². The van der Waals surface area contributed by atoms with Gasteiger partial charge in [-0.25, -0.2) is 4.98 Å². The van der Waals surface area contributed by atoms with Crippen LogP contribution in [0.2, 0.25) is 0 Å². The molecule has 2 N–H and O–H groups in total. The molecule has 1 atom stereocenters. The number of nitrogens with two attached hydrogens (primary N) is 1. The quantitative estimate of drug-likeness (QED) is 0.862. The van der Waals surface area contributed by atoms with E-state index in [0.29, 0.717) is 19.0 Å². The first-order valence-electron chi connectivity index (χ1n) is 5.71. The summed E-state index contributed by atoms with van der Waals surface area (Å²) in [5.74, 6) is 0.728. The normalized spacial score (nSPS) is 22.6. The molecule has 1 fully saturated rings. The molecule has 0 unspecified atom stereocenters. The molecule has 5 heteroatoms. The standard InChI is InChI=1S/C12H18N2O3/c1-12(2)16-8-10(17-12)4-6-15-9-3-5-14-11(13)7-9/h3,5,7,10H,4,6,8H2,1-2H3,(H2,13,14)/t10-/m0/s1. The Morgan fingerprint density at radius 3 is 3.06 bits per heavy atom. The summed E-state index contributed by atoms with van der Waals surface area (Å²) in [6.07, 6.45) is 2.53. The van der Waals surface area contributed by atoms with E-state index in [0.717, 1.165) is 12.2 Å². The smallest absolute Gasteiger partial charge is 0.163 e. The number of hydrogen-bond donors (Lipinski definition) is 1. The summed E-state index contributed by atoms with van der Waals surface area (Å²) >= 11 is 0. The van der Waals surface area contributed by atoms with Crippen molar-refractivity contribution in [2.45, 2.75) is 32.2 Å². The molecule has 17 heavy (non-hydrogen) atoms. The van der Waals surface area contributed by atoms with E-state index in [4.69, 9.17) is 19.9 Å². The summed E-state index contributed by atoms with van der Waals surface area (Å²) < 4.78 is 16.7. The Hall–Kier alpha value is -1.33. The molecule has 0 amide bonds. The summed E-state index contributed by atoms with van der Waals surface area (Å²) in [6, 6.07) is 3.49. The maximum Gasteiger partial charge on any atom is 0.163 e. The first-order chi connectivity index (χ1) is 8.05. The molecule has 0 saturated carbocycles. The van der Waals surface area contributed by atoms with Gasteiger partial charge in [-0.05, 0) is 19.9 Å². The van der Waals surface area contributed by atoms with Crippen molar-refractivity contribution in [3.05, 3.63) is 18.3 Å². The molecular weight excluding hydrogens is 220 g/mol. The predicted molar refractivity (Wildman–Crippen MR) is 63.7 cm³/mol. The molecule has 0 spiro atoms. The second-order valence-electron chi connectivity index (χ2n) is 4.50.